The molecule has 0 radical (unpaired) electrons. The van der Waals surface area contributed by atoms with Crippen molar-refractivity contribution in [2.75, 3.05) is 0 Å². The molecule has 1 heterocycles. The Morgan fingerprint density at radius 2 is 1.64 bits per heavy atom. The fourth-order valence-corrected chi connectivity index (χ4v) is 7.00. The second-order valence-corrected chi connectivity index (χ2v) is 13.1. The molecule has 0 spiro atoms. The van der Waals surface area contributed by atoms with Crippen LogP contribution < -0.4 is 0 Å². The van der Waals surface area contributed by atoms with Crippen molar-refractivity contribution in [3.63, 3.8) is 0 Å². The van der Waals surface area contributed by atoms with E-state index in [1.807, 2.05) is 18.2 Å². The molecule has 0 atom stereocenters. The van der Waals surface area contributed by atoms with Crippen LogP contribution in [0.5, 0.6) is 0 Å². The third kappa shape index (κ3) is 5.00. The van der Waals surface area contributed by atoms with Gasteiger partial charge in [-0.2, -0.15) is 0 Å². The van der Waals surface area contributed by atoms with E-state index >= 15 is 0 Å². The number of thiazole rings is 1. The lowest BCUT2D eigenvalue weighted by atomic mass is 9.62. The number of fused-ring (bicyclic) bond motifs is 2. The molecule has 0 bridgehead atoms. The molecule has 3 aromatic carbocycles. The van der Waals surface area contributed by atoms with Crippen LogP contribution in [0.1, 0.15) is 78.7 Å². The van der Waals surface area contributed by atoms with Gasteiger partial charge in [0, 0.05) is 5.75 Å². The molecule has 0 fully saturated rings. The van der Waals surface area contributed by atoms with Crippen LogP contribution in [0.2, 0.25) is 0 Å². The van der Waals surface area contributed by atoms with Gasteiger partial charge in [-0.15, -0.1) is 11.3 Å². The Labute approximate surface area is 221 Å². The zero-order chi connectivity index (χ0) is 25.5. The van der Waals surface area contributed by atoms with Crippen LogP contribution >= 0.6 is 23.1 Å². The number of thioether (sulfide) groups is 1. The first kappa shape index (κ1) is 24.8. The molecule has 0 saturated carbocycles. The van der Waals surface area contributed by atoms with Crippen LogP contribution in [-0.2, 0) is 16.6 Å². The third-order valence-corrected chi connectivity index (χ3v) is 9.58. The van der Waals surface area contributed by atoms with Crippen molar-refractivity contribution in [1.82, 2.24) is 4.98 Å². The Hall–Kier alpha value is -2.89. The highest BCUT2D eigenvalue weighted by Gasteiger charge is 2.37. The first-order valence-corrected chi connectivity index (χ1v) is 14.1. The molecule has 0 saturated heterocycles. The lowest BCUT2D eigenvalue weighted by Gasteiger charge is -2.42. The van der Waals surface area contributed by atoms with Gasteiger partial charge in [-0.05, 0) is 75.8 Å². The molecule has 0 amide bonds. The lowest BCUT2D eigenvalue weighted by Crippen LogP contribution is -2.34. The van der Waals surface area contributed by atoms with Crippen LogP contribution in [0.25, 0.3) is 22.4 Å². The van der Waals surface area contributed by atoms with Crippen molar-refractivity contribution >= 4 is 51.4 Å². The molecule has 5 heteroatoms. The second-order valence-electron chi connectivity index (χ2n) is 10.9. The van der Waals surface area contributed by atoms with E-state index in [0.717, 1.165) is 21.2 Å². The molecule has 36 heavy (non-hydrogen) atoms. The van der Waals surface area contributed by atoms with Gasteiger partial charge in [-0.1, -0.05) is 88.0 Å². The zero-order valence-corrected chi connectivity index (χ0v) is 22.8. The summed E-state index contributed by atoms with van der Waals surface area (Å²) in [7, 11) is 0. The first-order chi connectivity index (χ1) is 17.1. The Bertz CT molecular complexity index is 1430. The number of carboxylic acid groups (broad SMARTS) is 1. The summed E-state index contributed by atoms with van der Waals surface area (Å²) >= 11 is 3.55. The Morgan fingerprint density at radius 3 is 2.31 bits per heavy atom. The number of benzene rings is 3. The number of rotatable bonds is 6. The average Bonchev–Trinajstić information content (AvgIpc) is 3.27. The summed E-state index contributed by atoms with van der Waals surface area (Å²) < 4.78 is 2.31. The molecule has 1 aliphatic rings. The molecule has 3 nitrogen and oxygen atoms in total. The van der Waals surface area contributed by atoms with E-state index in [2.05, 4.69) is 70.2 Å². The van der Waals surface area contributed by atoms with Crippen molar-refractivity contribution in [2.24, 2.45) is 0 Å². The largest absolute Gasteiger partial charge is 0.478 e. The number of para-hydroxylation sites is 1. The van der Waals surface area contributed by atoms with E-state index in [-0.39, 0.29) is 10.8 Å². The van der Waals surface area contributed by atoms with Crippen LogP contribution in [0.15, 0.2) is 65.0 Å². The molecule has 0 aliphatic heterocycles. The molecule has 1 N–H and O–H groups in total. The molecule has 1 aliphatic carbocycles. The monoisotopic (exact) mass is 513 g/mol. The highest BCUT2D eigenvalue weighted by Crippen LogP contribution is 2.47. The third-order valence-electron chi connectivity index (χ3n) is 7.35. The second kappa shape index (κ2) is 9.53. The number of aromatic nitrogens is 1. The van der Waals surface area contributed by atoms with Crippen molar-refractivity contribution in [3.8, 4) is 0 Å². The highest BCUT2D eigenvalue weighted by molar-refractivity contribution is 8.00. The number of hydrogen-bond acceptors (Lipinski definition) is 4. The Kier molecular flexibility index (Phi) is 6.56. The van der Waals surface area contributed by atoms with Gasteiger partial charge >= 0.3 is 5.97 Å². The maximum Gasteiger partial charge on any atom is 0.335 e. The average molecular weight is 514 g/mol. The van der Waals surface area contributed by atoms with E-state index in [9.17, 15) is 9.90 Å². The molecule has 4 aromatic rings. The molecule has 184 valence electrons. The lowest BCUT2D eigenvalue weighted by molar-refractivity contribution is 0.0697. The molecular formula is C31H31NO2S2. The van der Waals surface area contributed by atoms with Gasteiger partial charge in [-0.25, -0.2) is 9.78 Å². The quantitative estimate of drug-likeness (QED) is 0.207. The summed E-state index contributed by atoms with van der Waals surface area (Å²) in [6.07, 6.45) is 6.62. The van der Waals surface area contributed by atoms with Crippen LogP contribution in [0.3, 0.4) is 0 Å². The molecule has 0 unspecified atom stereocenters. The molecule has 5 rings (SSSR count). The maximum absolute atomic E-state index is 11.2. The fourth-order valence-electron chi connectivity index (χ4n) is 4.93. The maximum atomic E-state index is 11.2. The highest BCUT2D eigenvalue weighted by atomic mass is 32.2. The number of hydrogen-bond donors (Lipinski definition) is 1. The predicted octanol–water partition coefficient (Wildman–Crippen LogP) is 8.81. The van der Waals surface area contributed by atoms with Crippen molar-refractivity contribution < 1.29 is 9.90 Å². The summed E-state index contributed by atoms with van der Waals surface area (Å²) in [5, 5.41) is 9.20. The van der Waals surface area contributed by atoms with Crippen LogP contribution in [0.4, 0.5) is 0 Å². The van der Waals surface area contributed by atoms with Crippen molar-refractivity contribution in [3.05, 3.63) is 94.0 Å². The summed E-state index contributed by atoms with van der Waals surface area (Å²) in [4.78, 5) is 16.0. The Morgan fingerprint density at radius 1 is 0.972 bits per heavy atom. The van der Waals surface area contributed by atoms with Gasteiger partial charge in [-0.3, -0.25) is 0 Å². The normalized spacial score (nSPS) is 16.3. The number of aromatic carboxylic acids is 1. The summed E-state index contributed by atoms with van der Waals surface area (Å²) in [5.74, 6) is -0.0551. The van der Waals surface area contributed by atoms with Gasteiger partial charge < -0.3 is 5.11 Å². The van der Waals surface area contributed by atoms with Crippen LogP contribution in [0, 0.1) is 0 Å². The van der Waals surface area contributed by atoms with E-state index in [1.54, 1.807) is 35.2 Å². The first-order valence-electron chi connectivity index (χ1n) is 12.3. The van der Waals surface area contributed by atoms with Crippen molar-refractivity contribution in [2.45, 2.75) is 61.5 Å². The minimum Gasteiger partial charge on any atom is -0.478 e. The summed E-state index contributed by atoms with van der Waals surface area (Å²) in [6.45, 7) is 9.44. The van der Waals surface area contributed by atoms with Gasteiger partial charge in [0.2, 0.25) is 0 Å². The smallest absolute Gasteiger partial charge is 0.335 e. The van der Waals surface area contributed by atoms with E-state index in [4.69, 9.17) is 4.98 Å². The number of carboxylic acids is 1. The summed E-state index contributed by atoms with van der Waals surface area (Å²) in [6, 6.07) is 20.2. The van der Waals surface area contributed by atoms with Crippen LogP contribution in [-0.4, -0.2) is 16.1 Å². The van der Waals surface area contributed by atoms with E-state index in [0.29, 0.717) is 5.56 Å². The van der Waals surface area contributed by atoms with Crippen molar-refractivity contribution in [1.29, 1.82) is 0 Å². The molecule has 1 aromatic heterocycles. The number of carbonyl (C=O) groups is 1. The predicted molar refractivity (Wildman–Crippen MR) is 153 cm³/mol. The Balaban J connectivity index is 1.52. The van der Waals surface area contributed by atoms with Gasteiger partial charge in [0.1, 0.15) is 0 Å². The number of nitrogens with zero attached hydrogens (tertiary/aromatic N) is 1. The van der Waals surface area contributed by atoms with Gasteiger partial charge in [0.25, 0.3) is 0 Å². The fraction of sp³-hybridized carbons (Fsp3) is 0.290. The minimum atomic E-state index is -0.903. The molecular weight excluding hydrogens is 482 g/mol. The van der Waals surface area contributed by atoms with E-state index in [1.165, 1.54) is 39.8 Å². The van der Waals surface area contributed by atoms with E-state index < -0.39 is 5.97 Å². The standard InChI is InChI=1S/C31H31NO2S2/c1-30(2)15-16-31(3,4)25-18-23(19-35-29-32-26-7-5-6-8-27(26)36-29)22(17-24(25)30)14-11-20-9-12-21(13-10-20)28(33)34/h5-14,17-18H,15-16,19H2,1-4H3,(H,33,34). The zero-order valence-electron chi connectivity index (χ0n) is 21.2. The SMILES string of the molecule is CC1(C)CCC(C)(C)c2cc(CSc3nc4ccccc4s3)c(C=Cc3ccc(C(=O)O)cc3)cc21. The van der Waals surface area contributed by atoms with Gasteiger partial charge in [0.15, 0.2) is 4.34 Å². The topological polar surface area (TPSA) is 50.2 Å². The van der Waals surface area contributed by atoms with Gasteiger partial charge in [0.05, 0.1) is 15.8 Å². The minimum absolute atomic E-state index is 0.134. The summed E-state index contributed by atoms with van der Waals surface area (Å²) in [5.41, 5.74) is 8.06.